The van der Waals surface area contributed by atoms with Crippen molar-refractivity contribution in [1.82, 2.24) is 5.32 Å². The van der Waals surface area contributed by atoms with Crippen LogP contribution in [-0.4, -0.2) is 12.6 Å². The summed E-state index contributed by atoms with van der Waals surface area (Å²) in [7, 11) is 0. The summed E-state index contributed by atoms with van der Waals surface area (Å²) in [5, 5.41) is 3.53. The third kappa shape index (κ3) is 8.04. The van der Waals surface area contributed by atoms with Crippen LogP contribution in [0.1, 0.15) is 47.0 Å². The molecule has 0 radical (unpaired) electrons. The Kier molecular flexibility index (Phi) is 6.06. The molecule has 1 nitrogen and oxygen atoms in total. The van der Waals surface area contributed by atoms with E-state index >= 15 is 0 Å². The number of hydrogen-bond acceptors (Lipinski definition) is 1. The molecule has 13 heavy (non-hydrogen) atoms. The number of nitrogens with one attached hydrogen (secondary N) is 1. The summed E-state index contributed by atoms with van der Waals surface area (Å²) < 4.78 is 0. The molecular weight excluding hydrogens is 158 g/mol. The monoisotopic (exact) mass is 183 g/mol. The summed E-state index contributed by atoms with van der Waals surface area (Å²) >= 11 is 0. The second kappa shape index (κ2) is 6.20. The molecule has 0 bridgehead atoms. The van der Waals surface area contributed by atoms with Gasteiger partial charge in [-0.05, 0) is 31.2 Å². The first kappa shape index (κ1) is 12.7. The maximum Gasteiger partial charge on any atom is 0.00748 e. The van der Waals surface area contributed by atoms with Crippen molar-refractivity contribution in [2.24, 2.45) is 5.41 Å². The Morgan fingerprint density at radius 1 is 1.38 bits per heavy atom. The van der Waals surface area contributed by atoms with Crippen molar-refractivity contribution in [2.75, 3.05) is 6.54 Å². The van der Waals surface area contributed by atoms with Gasteiger partial charge in [0.15, 0.2) is 0 Å². The summed E-state index contributed by atoms with van der Waals surface area (Å²) in [5.74, 6) is 0. The molecule has 1 atom stereocenters. The van der Waals surface area contributed by atoms with E-state index in [1.165, 1.54) is 12.8 Å². The molecule has 0 aliphatic heterocycles. The van der Waals surface area contributed by atoms with E-state index in [0.717, 1.165) is 13.0 Å². The summed E-state index contributed by atoms with van der Waals surface area (Å²) in [6.45, 7) is 13.9. The van der Waals surface area contributed by atoms with Gasteiger partial charge in [-0.1, -0.05) is 33.8 Å². The van der Waals surface area contributed by atoms with E-state index in [0.29, 0.717) is 11.5 Å². The molecule has 0 saturated heterocycles. The molecule has 0 aromatic heterocycles. The Hall–Kier alpha value is -0.300. The van der Waals surface area contributed by atoms with E-state index in [1.54, 1.807) is 0 Å². The number of hydrogen-bond donors (Lipinski definition) is 1. The average molecular weight is 183 g/mol. The van der Waals surface area contributed by atoms with Crippen LogP contribution in [0.2, 0.25) is 0 Å². The first-order valence-electron chi connectivity index (χ1n) is 5.34. The first-order chi connectivity index (χ1) is 5.99. The van der Waals surface area contributed by atoms with Gasteiger partial charge < -0.3 is 5.32 Å². The number of rotatable bonds is 6. The van der Waals surface area contributed by atoms with Crippen LogP contribution >= 0.6 is 0 Å². The van der Waals surface area contributed by atoms with E-state index in [1.807, 2.05) is 6.08 Å². The summed E-state index contributed by atoms with van der Waals surface area (Å²) in [4.78, 5) is 0. The molecule has 0 rings (SSSR count). The van der Waals surface area contributed by atoms with Gasteiger partial charge in [0.2, 0.25) is 0 Å². The molecule has 0 fully saturated rings. The molecular formula is C12H25N. The van der Waals surface area contributed by atoms with Crippen molar-refractivity contribution in [1.29, 1.82) is 0 Å². The van der Waals surface area contributed by atoms with Crippen molar-refractivity contribution in [3.05, 3.63) is 12.7 Å². The van der Waals surface area contributed by atoms with Crippen LogP contribution < -0.4 is 5.32 Å². The summed E-state index contributed by atoms with van der Waals surface area (Å²) in [5.41, 5.74) is 0.425. The van der Waals surface area contributed by atoms with E-state index < -0.39 is 0 Å². The van der Waals surface area contributed by atoms with Gasteiger partial charge in [-0.2, -0.15) is 0 Å². The fourth-order valence-corrected chi connectivity index (χ4v) is 1.62. The molecule has 0 aliphatic rings. The highest BCUT2D eigenvalue weighted by molar-refractivity contribution is 4.77. The van der Waals surface area contributed by atoms with Crippen LogP contribution in [0.4, 0.5) is 0 Å². The molecule has 0 spiro atoms. The molecule has 0 heterocycles. The standard InChI is InChI=1S/C12H25N/c1-6-8-9-11(13-7-2)10-12(3,4)5/h6,11,13H,1,7-10H2,2-5H3. The normalized spacial score (nSPS) is 14.2. The molecule has 0 saturated carbocycles. The fourth-order valence-electron chi connectivity index (χ4n) is 1.62. The highest BCUT2D eigenvalue weighted by atomic mass is 14.9. The SMILES string of the molecule is C=CCCC(CC(C)(C)C)NCC. The zero-order valence-corrected chi connectivity index (χ0v) is 9.69. The molecule has 1 N–H and O–H groups in total. The van der Waals surface area contributed by atoms with Crippen molar-refractivity contribution in [3.63, 3.8) is 0 Å². The van der Waals surface area contributed by atoms with Crippen LogP contribution in [0.3, 0.4) is 0 Å². The fraction of sp³-hybridized carbons (Fsp3) is 0.833. The first-order valence-corrected chi connectivity index (χ1v) is 5.34. The lowest BCUT2D eigenvalue weighted by atomic mass is 9.86. The van der Waals surface area contributed by atoms with Crippen LogP contribution in [0.15, 0.2) is 12.7 Å². The third-order valence-electron chi connectivity index (χ3n) is 2.07. The van der Waals surface area contributed by atoms with Gasteiger partial charge in [0.05, 0.1) is 0 Å². The smallest absolute Gasteiger partial charge is 0.00748 e. The Morgan fingerprint density at radius 2 is 2.00 bits per heavy atom. The molecule has 0 amide bonds. The molecule has 0 aromatic rings. The molecule has 0 aromatic carbocycles. The zero-order valence-electron chi connectivity index (χ0n) is 9.69. The van der Waals surface area contributed by atoms with Crippen molar-refractivity contribution in [3.8, 4) is 0 Å². The van der Waals surface area contributed by atoms with Gasteiger partial charge >= 0.3 is 0 Å². The van der Waals surface area contributed by atoms with Crippen molar-refractivity contribution >= 4 is 0 Å². The average Bonchev–Trinajstić information content (AvgIpc) is 1.98. The third-order valence-corrected chi connectivity index (χ3v) is 2.07. The Morgan fingerprint density at radius 3 is 2.38 bits per heavy atom. The second-order valence-electron chi connectivity index (χ2n) is 4.89. The van der Waals surface area contributed by atoms with Gasteiger partial charge in [0.1, 0.15) is 0 Å². The lowest BCUT2D eigenvalue weighted by molar-refractivity contribution is 0.302. The minimum Gasteiger partial charge on any atom is -0.314 e. The minimum atomic E-state index is 0.425. The van der Waals surface area contributed by atoms with E-state index in [9.17, 15) is 0 Å². The summed E-state index contributed by atoms with van der Waals surface area (Å²) in [6, 6.07) is 0.656. The van der Waals surface area contributed by atoms with E-state index in [-0.39, 0.29) is 0 Å². The topological polar surface area (TPSA) is 12.0 Å². The van der Waals surface area contributed by atoms with Gasteiger partial charge in [-0.15, -0.1) is 6.58 Å². The largest absolute Gasteiger partial charge is 0.314 e. The maximum absolute atomic E-state index is 3.76. The van der Waals surface area contributed by atoms with Gasteiger partial charge in [0.25, 0.3) is 0 Å². The Bertz CT molecular complexity index is 133. The Labute approximate surface area is 83.6 Å². The predicted octanol–water partition coefficient (Wildman–Crippen LogP) is 3.37. The molecule has 1 heteroatoms. The number of allylic oxidation sites excluding steroid dienone is 1. The second-order valence-corrected chi connectivity index (χ2v) is 4.89. The van der Waals surface area contributed by atoms with Crippen LogP contribution in [0.5, 0.6) is 0 Å². The molecule has 1 unspecified atom stereocenters. The van der Waals surface area contributed by atoms with E-state index in [4.69, 9.17) is 0 Å². The lowest BCUT2D eigenvalue weighted by Gasteiger charge is -2.26. The highest BCUT2D eigenvalue weighted by Gasteiger charge is 2.16. The summed E-state index contributed by atoms with van der Waals surface area (Å²) in [6.07, 6.45) is 5.59. The lowest BCUT2D eigenvalue weighted by Crippen LogP contribution is -2.32. The molecule has 0 aliphatic carbocycles. The zero-order chi connectivity index (χ0) is 10.3. The Balaban J connectivity index is 3.86. The maximum atomic E-state index is 3.76. The van der Waals surface area contributed by atoms with Gasteiger partial charge in [0, 0.05) is 6.04 Å². The quantitative estimate of drug-likeness (QED) is 0.623. The van der Waals surface area contributed by atoms with Gasteiger partial charge in [-0.25, -0.2) is 0 Å². The van der Waals surface area contributed by atoms with Crippen LogP contribution in [-0.2, 0) is 0 Å². The minimum absolute atomic E-state index is 0.425. The predicted molar refractivity (Wildman–Crippen MR) is 61.0 cm³/mol. The van der Waals surface area contributed by atoms with Crippen LogP contribution in [0.25, 0.3) is 0 Å². The van der Waals surface area contributed by atoms with Crippen molar-refractivity contribution < 1.29 is 0 Å². The highest BCUT2D eigenvalue weighted by Crippen LogP contribution is 2.22. The van der Waals surface area contributed by atoms with Gasteiger partial charge in [-0.3, -0.25) is 0 Å². The molecule has 78 valence electrons. The van der Waals surface area contributed by atoms with Crippen molar-refractivity contribution in [2.45, 2.75) is 53.0 Å². The van der Waals surface area contributed by atoms with Crippen LogP contribution in [0, 0.1) is 5.41 Å². The van der Waals surface area contributed by atoms with E-state index in [2.05, 4.69) is 39.6 Å².